The summed E-state index contributed by atoms with van der Waals surface area (Å²) in [7, 11) is 0. The second-order valence-corrected chi connectivity index (χ2v) is 5.61. The fraction of sp³-hybridized carbons (Fsp3) is 0.273. The number of nitrogen functional groups attached to an aromatic ring is 1. The Morgan fingerprint density at radius 2 is 2.00 bits per heavy atom. The summed E-state index contributed by atoms with van der Waals surface area (Å²) in [6.07, 6.45) is 0.810. The van der Waals surface area contributed by atoms with Crippen molar-refractivity contribution in [3.05, 3.63) is 32.2 Å². The average molecular weight is 318 g/mol. The van der Waals surface area contributed by atoms with E-state index in [1.807, 2.05) is 12.3 Å². The number of aryl methyl sites for hydroxylation is 1. The minimum atomic E-state index is 0.383. The first-order chi connectivity index (χ1) is 9.10. The molecule has 2 rings (SSSR count). The lowest BCUT2D eigenvalue weighted by molar-refractivity contribution is 0.977. The van der Waals surface area contributed by atoms with Crippen molar-refractivity contribution in [1.29, 1.82) is 0 Å². The van der Waals surface area contributed by atoms with Gasteiger partial charge in [-0.2, -0.15) is 0 Å². The number of hydrogen-bond acceptors (Lipinski definition) is 6. The lowest BCUT2D eigenvalue weighted by Gasteiger charge is -2.09. The molecule has 2 heterocycles. The summed E-state index contributed by atoms with van der Waals surface area (Å²) in [6, 6.07) is 1.60. The van der Waals surface area contributed by atoms with Crippen LogP contribution in [0.3, 0.4) is 0 Å². The van der Waals surface area contributed by atoms with E-state index in [1.165, 1.54) is 0 Å². The number of nitrogens with two attached hydrogens (primary N) is 1. The van der Waals surface area contributed by atoms with Crippen LogP contribution < -0.4 is 16.6 Å². The number of halogens is 2. The van der Waals surface area contributed by atoms with Gasteiger partial charge in [0.1, 0.15) is 5.82 Å². The Bertz CT molecular complexity index is 572. The van der Waals surface area contributed by atoms with Gasteiger partial charge in [-0.25, -0.2) is 15.8 Å². The van der Waals surface area contributed by atoms with E-state index in [0.717, 1.165) is 17.1 Å². The Kier molecular flexibility index (Phi) is 4.81. The van der Waals surface area contributed by atoms with Gasteiger partial charge in [-0.3, -0.25) is 0 Å². The molecular formula is C11H13Cl2N5S. The van der Waals surface area contributed by atoms with Crippen molar-refractivity contribution in [2.24, 2.45) is 5.84 Å². The Balaban J connectivity index is 1.99. The van der Waals surface area contributed by atoms with E-state index in [4.69, 9.17) is 29.0 Å². The Morgan fingerprint density at radius 3 is 2.63 bits per heavy atom. The van der Waals surface area contributed by atoms with Crippen LogP contribution in [0.15, 0.2) is 11.4 Å². The summed E-state index contributed by atoms with van der Waals surface area (Å²) < 4.78 is 0. The number of nitrogens with zero attached hydrogens (tertiary/aromatic N) is 2. The molecule has 0 atom stereocenters. The van der Waals surface area contributed by atoms with Crippen LogP contribution in [-0.4, -0.2) is 16.5 Å². The quantitative estimate of drug-likeness (QED) is 0.583. The van der Waals surface area contributed by atoms with Crippen molar-refractivity contribution in [2.45, 2.75) is 13.3 Å². The molecule has 0 aliphatic heterocycles. The Morgan fingerprint density at radius 1 is 1.26 bits per heavy atom. The normalized spacial score (nSPS) is 10.5. The highest BCUT2D eigenvalue weighted by Crippen LogP contribution is 2.28. The molecule has 0 saturated heterocycles. The first-order valence-electron chi connectivity index (χ1n) is 5.57. The minimum Gasteiger partial charge on any atom is -0.368 e. The molecule has 5 nitrogen and oxygen atoms in total. The molecule has 0 aromatic carbocycles. The van der Waals surface area contributed by atoms with E-state index in [9.17, 15) is 0 Å². The van der Waals surface area contributed by atoms with Crippen LogP contribution in [0, 0.1) is 6.92 Å². The maximum absolute atomic E-state index is 6.05. The fourth-order valence-corrected chi connectivity index (χ4v) is 2.75. The second-order valence-electron chi connectivity index (χ2n) is 3.85. The van der Waals surface area contributed by atoms with E-state index in [1.54, 1.807) is 17.4 Å². The predicted molar refractivity (Wildman–Crippen MR) is 81.1 cm³/mol. The van der Waals surface area contributed by atoms with Crippen molar-refractivity contribution in [3.8, 4) is 0 Å². The van der Waals surface area contributed by atoms with Crippen LogP contribution in [-0.2, 0) is 6.42 Å². The summed E-state index contributed by atoms with van der Waals surface area (Å²) in [6.45, 7) is 2.66. The molecule has 0 fully saturated rings. The van der Waals surface area contributed by atoms with Gasteiger partial charge in [0.25, 0.3) is 0 Å². The zero-order chi connectivity index (χ0) is 13.8. The van der Waals surface area contributed by atoms with Gasteiger partial charge in [-0.15, -0.1) is 11.3 Å². The molecule has 0 spiro atoms. The molecule has 0 radical (unpaired) electrons. The summed E-state index contributed by atoms with van der Waals surface area (Å²) >= 11 is 13.6. The van der Waals surface area contributed by atoms with Crippen molar-refractivity contribution >= 4 is 46.2 Å². The minimum absolute atomic E-state index is 0.383. The van der Waals surface area contributed by atoms with Crippen LogP contribution >= 0.6 is 34.5 Å². The zero-order valence-electron chi connectivity index (χ0n) is 10.2. The van der Waals surface area contributed by atoms with Gasteiger partial charge in [-0.1, -0.05) is 23.2 Å². The van der Waals surface area contributed by atoms with E-state index < -0.39 is 0 Å². The molecule has 0 unspecified atom stereocenters. The van der Waals surface area contributed by atoms with Gasteiger partial charge in [0.05, 0.1) is 15.1 Å². The number of thiazole rings is 1. The topological polar surface area (TPSA) is 75.9 Å². The molecule has 19 heavy (non-hydrogen) atoms. The Hall–Kier alpha value is -1.08. The van der Waals surface area contributed by atoms with Crippen LogP contribution in [0.4, 0.5) is 11.6 Å². The molecule has 0 aliphatic carbocycles. The molecule has 2 aromatic heterocycles. The van der Waals surface area contributed by atoms with Crippen molar-refractivity contribution in [1.82, 2.24) is 9.97 Å². The fourth-order valence-electron chi connectivity index (χ4n) is 1.50. The molecule has 0 aliphatic rings. The van der Waals surface area contributed by atoms with E-state index in [-0.39, 0.29) is 0 Å². The number of aromatic nitrogens is 2. The molecule has 8 heteroatoms. The first-order valence-corrected chi connectivity index (χ1v) is 7.21. The monoisotopic (exact) mass is 317 g/mol. The standard InChI is InChI=1S/C11H13Cl2N5S/c1-6-5-19-9(16-6)2-3-15-10-7(12)4-8(13)11(17-10)18-14/h4-5H,2-3,14H2,1H3,(H2,15,17,18). The van der Waals surface area contributed by atoms with Crippen LogP contribution in [0.25, 0.3) is 0 Å². The lowest BCUT2D eigenvalue weighted by atomic mass is 10.4. The van der Waals surface area contributed by atoms with Crippen LogP contribution in [0.1, 0.15) is 10.7 Å². The molecule has 4 N–H and O–H groups in total. The lowest BCUT2D eigenvalue weighted by Crippen LogP contribution is -2.12. The first kappa shape index (κ1) is 14.3. The number of hydrazine groups is 1. The van der Waals surface area contributed by atoms with E-state index >= 15 is 0 Å². The number of nitrogens with one attached hydrogen (secondary N) is 2. The summed E-state index contributed by atoms with van der Waals surface area (Å²) in [4.78, 5) is 8.58. The van der Waals surface area contributed by atoms with Crippen LogP contribution in [0.5, 0.6) is 0 Å². The smallest absolute Gasteiger partial charge is 0.161 e. The molecular weight excluding hydrogens is 305 g/mol. The van der Waals surface area contributed by atoms with Crippen molar-refractivity contribution < 1.29 is 0 Å². The highest BCUT2D eigenvalue weighted by Gasteiger charge is 2.08. The van der Waals surface area contributed by atoms with Crippen molar-refractivity contribution in [2.75, 3.05) is 17.3 Å². The Labute approximate surface area is 125 Å². The van der Waals surface area contributed by atoms with Gasteiger partial charge in [0, 0.05) is 24.0 Å². The average Bonchev–Trinajstić information content (AvgIpc) is 2.78. The number of rotatable bonds is 5. The maximum atomic E-state index is 6.05. The van der Waals surface area contributed by atoms with Gasteiger partial charge < -0.3 is 10.7 Å². The molecule has 0 amide bonds. The molecule has 2 aromatic rings. The molecule has 0 bridgehead atoms. The molecule has 0 saturated carbocycles. The van der Waals surface area contributed by atoms with Crippen molar-refractivity contribution in [3.63, 3.8) is 0 Å². The second kappa shape index (κ2) is 6.38. The van der Waals surface area contributed by atoms with Gasteiger partial charge in [-0.05, 0) is 13.0 Å². The number of hydrogen-bond donors (Lipinski definition) is 3. The predicted octanol–water partition coefficient (Wildman–Crippen LogP) is 3.09. The van der Waals surface area contributed by atoms with Crippen LogP contribution in [0.2, 0.25) is 10.0 Å². The van der Waals surface area contributed by atoms with Gasteiger partial charge in [0.15, 0.2) is 5.82 Å². The van der Waals surface area contributed by atoms with Gasteiger partial charge in [0.2, 0.25) is 0 Å². The third-order valence-electron chi connectivity index (χ3n) is 2.36. The van der Waals surface area contributed by atoms with E-state index in [2.05, 4.69) is 20.7 Å². The number of anilines is 2. The highest BCUT2D eigenvalue weighted by molar-refractivity contribution is 7.09. The third kappa shape index (κ3) is 3.70. The maximum Gasteiger partial charge on any atom is 0.161 e. The van der Waals surface area contributed by atoms with E-state index in [0.29, 0.717) is 28.2 Å². The summed E-state index contributed by atoms with van der Waals surface area (Å²) in [5, 5.41) is 7.09. The third-order valence-corrected chi connectivity index (χ3v) is 3.97. The summed E-state index contributed by atoms with van der Waals surface area (Å²) in [5.41, 5.74) is 3.46. The SMILES string of the molecule is Cc1csc(CCNc2nc(NN)c(Cl)cc2Cl)n1. The number of pyridine rings is 1. The summed E-state index contributed by atoms with van der Waals surface area (Å²) in [5.74, 6) is 6.25. The molecule has 102 valence electrons. The highest BCUT2D eigenvalue weighted by atomic mass is 35.5. The van der Waals surface area contributed by atoms with Gasteiger partial charge >= 0.3 is 0 Å². The zero-order valence-corrected chi connectivity index (χ0v) is 12.5. The largest absolute Gasteiger partial charge is 0.368 e.